The van der Waals surface area contributed by atoms with Crippen molar-refractivity contribution < 1.29 is 14.3 Å². The monoisotopic (exact) mass is 237 g/mol. The van der Waals surface area contributed by atoms with Crippen LogP contribution in [-0.2, 0) is 0 Å². The predicted molar refractivity (Wildman–Crippen MR) is 58.6 cm³/mol. The molecule has 5 heteroatoms. The number of pyridine rings is 1. The number of carboxylic acid groups (broad SMARTS) is 1. The molecule has 0 radical (unpaired) electrons. The Morgan fingerprint density at radius 1 is 1.44 bits per heavy atom. The highest BCUT2D eigenvalue weighted by Crippen LogP contribution is 2.28. The van der Waals surface area contributed by atoms with Gasteiger partial charge in [0.25, 0.3) is 0 Å². The van der Waals surface area contributed by atoms with Gasteiger partial charge in [-0.3, -0.25) is 0 Å². The maximum Gasteiger partial charge on any atom is 0.339 e. The van der Waals surface area contributed by atoms with Crippen molar-refractivity contribution >= 4 is 17.6 Å². The third-order valence-electron chi connectivity index (χ3n) is 2.12. The number of rotatable bonds is 2. The van der Waals surface area contributed by atoms with Crippen LogP contribution in [0, 0.1) is 6.92 Å². The van der Waals surface area contributed by atoms with Gasteiger partial charge >= 0.3 is 5.97 Å². The molecule has 0 aromatic carbocycles. The summed E-state index contributed by atoms with van der Waals surface area (Å²) in [7, 11) is 0. The van der Waals surface area contributed by atoms with Gasteiger partial charge in [-0.15, -0.1) is 0 Å². The van der Waals surface area contributed by atoms with Crippen molar-refractivity contribution in [3.8, 4) is 11.3 Å². The van der Waals surface area contributed by atoms with E-state index in [-0.39, 0.29) is 10.7 Å². The zero-order valence-electron chi connectivity index (χ0n) is 8.40. The zero-order valence-corrected chi connectivity index (χ0v) is 9.15. The number of halogens is 1. The lowest BCUT2D eigenvalue weighted by atomic mass is 10.1. The van der Waals surface area contributed by atoms with E-state index >= 15 is 0 Å². The lowest BCUT2D eigenvalue weighted by molar-refractivity contribution is 0.0697. The Morgan fingerprint density at radius 3 is 2.75 bits per heavy atom. The molecule has 1 N–H and O–H groups in total. The molecule has 0 fully saturated rings. The van der Waals surface area contributed by atoms with Crippen LogP contribution in [0.3, 0.4) is 0 Å². The van der Waals surface area contributed by atoms with E-state index in [0.29, 0.717) is 17.1 Å². The normalized spacial score (nSPS) is 10.4. The lowest BCUT2D eigenvalue weighted by Crippen LogP contribution is -2.01. The van der Waals surface area contributed by atoms with Crippen molar-refractivity contribution in [1.82, 2.24) is 4.98 Å². The average molecular weight is 238 g/mol. The molecule has 0 aliphatic heterocycles. The summed E-state index contributed by atoms with van der Waals surface area (Å²) in [5.41, 5.74) is 0.388. The number of aromatic carboxylic acids is 1. The van der Waals surface area contributed by atoms with Gasteiger partial charge in [0, 0.05) is 11.8 Å². The Labute approximate surface area is 96.5 Å². The van der Waals surface area contributed by atoms with Gasteiger partial charge in [-0.2, -0.15) is 0 Å². The van der Waals surface area contributed by atoms with Crippen LogP contribution in [0.15, 0.2) is 28.8 Å². The summed E-state index contributed by atoms with van der Waals surface area (Å²) in [6, 6.07) is 5.02. The van der Waals surface area contributed by atoms with E-state index in [1.807, 2.05) is 0 Å². The van der Waals surface area contributed by atoms with Crippen LogP contribution in [0.25, 0.3) is 11.3 Å². The topological polar surface area (TPSA) is 63.3 Å². The lowest BCUT2D eigenvalue weighted by Gasteiger charge is -2.03. The number of hydrogen-bond acceptors (Lipinski definition) is 3. The van der Waals surface area contributed by atoms with Crippen LogP contribution < -0.4 is 0 Å². The first kappa shape index (κ1) is 10.7. The minimum absolute atomic E-state index is 0.0425. The Kier molecular flexibility index (Phi) is 2.66. The van der Waals surface area contributed by atoms with Gasteiger partial charge in [0.1, 0.15) is 22.2 Å². The second kappa shape index (κ2) is 3.98. The molecule has 0 aliphatic rings. The van der Waals surface area contributed by atoms with E-state index < -0.39 is 5.97 Å². The molecule has 2 rings (SSSR count). The summed E-state index contributed by atoms with van der Waals surface area (Å²) in [6.07, 6.45) is 1.45. The second-order valence-corrected chi connectivity index (χ2v) is 3.60. The molecule has 0 atom stereocenters. The van der Waals surface area contributed by atoms with Crippen molar-refractivity contribution in [2.45, 2.75) is 6.92 Å². The van der Waals surface area contributed by atoms with E-state index in [1.54, 1.807) is 25.1 Å². The van der Waals surface area contributed by atoms with Gasteiger partial charge in [-0.1, -0.05) is 11.6 Å². The molecule has 2 aromatic heterocycles. The number of hydrogen-bond donors (Lipinski definition) is 1. The third kappa shape index (κ3) is 1.79. The van der Waals surface area contributed by atoms with Crippen LogP contribution in [0.4, 0.5) is 0 Å². The van der Waals surface area contributed by atoms with Crippen molar-refractivity contribution in [2.24, 2.45) is 0 Å². The Morgan fingerprint density at radius 2 is 2.19 bits per heavy atom. The minimum atomic E-state index is -1.12. The van der Waals surface area contributed by atoms with Gasteiger partial charge in [-0.05, 0) is 25.1 Å². The van der Waals surface area contributed by atoms with Crippen LogP contribution >= 0.6 is 11.6 Å². The Hall–Kier alpha value is -1.81. The number of carboxylic acids is 1. The standard InChI is InChI=1S/C11H8ClNO3/c1-6-2-3-8(16-6)7-4-5-13-10(12)9(7)11(14)15/h2-5H,1H3,(H,14,15). The molecule has 0 saturated heterocycles. The first-order valence-corrected chi connectivity index (χ1v) is 4.92. The van der Waals surface area contributed by atoms with Gasteiger partial charge in [0.05, 0.1) is 0 Å². The van der Waals surface area contributed by atoms with E-state index in [2.05, 4.69) is 4.98 Å². The molecule has 0 saturated carbocycles. The number of carbonyl (C=O) groups is 1. The largest absolute Gasteiger partial charge is 0.478 e. The summed E-state index contributed by atoms with van der Waals surface area (Å²) >= 11 is 5.75. The fourth-order valence-corrected chi connectivity index (χ4v) is 1.66. The van der Waals surface area contributed by atoms with Gasteiger partial charge < -0.3 is 9.52 Å². The summed E-state index contributed by atoms with van der Waals surface area (Å²) in [6.45, 7) is 1.78. The highest BCUT2D eigenvalue weighted by Gasteiger charge is 2.18. The molecule has 82 valence electrons. The Bertz CT molecular complexity index is 548. The van der Waals surface area contributed by atoms with Crippen molar-refractivity contribution in [2.75, 3.05) is 0 Å². The van der Waals surface area contributed by atoms with E-state index in [9.17, 15) is 4.79 Å². The van der Waals surface area contributed by atoms with Gasteiger partial charge in [0.2, 0.25) is 0 Å². The maximum atomic E-state index is 11.1. The number of nitrogens with zero attached hydrogens (tertiary/aromatic N) is 1. The number of aromatic nitrogens is 1. The minimum Gasteiger partial charge on any atom is -0.478 e. The van der Waals surface area contributed by atoms with Gasteiger partial charge in [-0.25, -0.2) is 9.78 Å². The van der Waals surface area contributed by atoms with Gasteiger partial charge in [0.15, 0.2) is 0 Å². The third-order valence-corrected chi connectivity index (χ3v) is 2.41. The fraction of sp³-hybridized carbons (Fsp3) is 0.0909. The highest BCUT2D eigenvalue weighted by molar-refractivity contribution is 6.33. The molecule has 16 heavy (non-hydrogen) atoms. The summed E-state index contributed by atoms with van der Waals surface area (Å²) < 4.78 is 5.37. The molecule has 4 nitrogen and oxygen atoms in total. The Balaban J connectivity index is 2.65. The highest BCUT2D eigenvalue weighted by atomic mass is 35.5. The average Bonchev–Trinajstić information content (AvgIpc) is 2.63. The SMILES string of the molecule is Cc1ccc(-c2ccnc(Cl)c2C(=O)O)o1. The first-order valence-electron chi connectivity index (χ1n) is 4.54. The molecule has 0 aliphatic carbocycles. The van der Waals surface area contributed by atoms with E-state index in [4.69, 9.17) is 21.1 Å². The van der Waals surface area contributed by atoms with E-state index in [0.717, 1.165) is 0 Å². The molecule has 0 spiro atoms. The van der Waals surface area contributed by atoms with Crippen LogP contribution in [0.1, 0.15) is 16.1 Å². The van der Waals surface area contributed by atoms with Crippen LogP contribution in [-0.4, -0.2) is 16.1 Å². The van der Waals surface area contributed by atoms with Crippen LogP contribution in [0.2, 0.25) is 5.15 Å². The second-order valence-electron chi connectivity index (χ2n) is 3.24. The molecule has 0 bridgehead atoms. The maximum absolute atomic E-state index is 11.1. The predicted octanol–water partition coefficient (Wildman–Crippen LogP) is 3.00. The summed E-state index contributed by atoms with van der Waals surface area (Å²) in [5.74, 6) is 0.0561. The summed E-state index contributed by atoms with van der Waals surface area (Å²) in [4.78, 5) is 14.8. The molecular weight excluding hydrogens is 230 g/mol. The van der Waals surface area contributed by atoms with Crippen LogP contribution in [0.5, 0.6) is 0 Å². The fourth-order valence-electron chi connectivity index (χ4n) is 1.42. The zero-order chi connectivity index (χ0) is 11.7. The number of aryl methyl sites for hydroxylation is 1. The smallest absolute Gasteiger partial charge is 0.339 e. The van der Waals surface area contributed by atoms with E-state index in [1.165, 1.54) is 6.20 Å². The molecule has 0 unspecified atom stereocenters. The van der Waals surface area contributed by atoms with Crippen molar-refractivity contribution in [1.29, 1.82) is 0 Å². The molecule has 0 amide bonds. The molecular formula is C11H8ClNO3. The summed E-state index contributed by atoms with van der Waals surface area (Å²) in [5, 5.41) is 9.01. The van der Waals surface area contributed by atoms with Crippen molar-refractivity contribution in [3.63, 3.8) is 0 Å². The first-order chi connectivity index (χ1) is 7.59. The quantitative estimate of drug-likeness (QED) is 0.816. The van der Waals surface area contributed by atoms with Crippen molar-refractivity contribution in [3.05, 3.63) is 40.9 Å². The number of furan rings is 1. The molecule has 2 heterocycles. The molecule has 2 aromatic rings.